The number of piperazine rings is 1. The van der Waals surface area contributed by atoms with E-state index < -0.39 is 6.04 Å². The van der Waals surface area contributed by atoms with E-state index in [4.69, 9.17) is 5.73 Å². The number of para-hydroxylation sites is 1. The van der Waals surface area contributed by atoms with Crippen LogP contribution in [0, 0.1) is 5.92 Å². The minimum Gasteiger partial charge on any atom is -0.369 e. The van der Waals surface area contributed by atoms with Crippen molar-refractivity contribution in [1.82, 2.24) is 10.2 Å². The first-order valence-corrected chi connectivity index (χ1v) is 9.04. The fraction of sp³-hybridized carbons (Fsp3) is 0.632. The van der Waals surface area contributed by atoms with Crippen LogP contribution >= 0.6 is 0 Å². The summed E-state index contributed by atoms with van der Waals surface area (Å²) >= 11 is 0. The van der Waals surface area contributed by atoms with Crippen LogP contribution in [-0.2, 0) is 4.79 Å². The lowest BCUT2D eigenvalue weighted by molar-refractivity contribution is -0.123. The number of hydrogen-bond acceptors (Lipinski definition) is 4. The van der Waals surface area contributed by atoms with Gasteiger partial charge in [0.1, 0.15) is 0 Å². The van der Waals surface area contributed by atoms with Crippen molar-refractivity contribution in [3.63, 3.8) is 0 Å². The topological polar surface area (TPSA) is 61.6 Å². The van der Waals surface area contributed by atoms with E-state index in [0.717, 1.165) is 39.1 Å². The third-order valence-corrected chi connectivity index (χ3v) is 4.48. The molecule has 1 amide bonds. The third kappa shape index (κ3) is 5.80. The van der Waals surface area contributed by atoms with E-state index in [1.54, 1.807) is 0 Å². The summed E-state index contributed by atoms with van der Waals surface area (Å²) in [6.45, 7) is 11.2. The molecule has 3 N–H and O–H groups in total. The lowest BCUT2D eigenvalue weighted by Gasteiger charge is -2.37. The van der Waals surface area contributed by atoms with Gasteiger partial charge in [0.2, 0.25) is 5.91 Å². The smallest absolute Gasteiger partial charge is 0.237 e. The number of anilines is 1. The van der Waals surface area contributed by atoms with E-state index in [-0.39, 0.29) is 11.9 Å². The SMILES string of the molecule is CC(C)C[C@H](N)C(=O)NC(C)CN1CCN(c2ccccc2)CC1. The van der Waals surface area contributed by atoms with Crippen LogP contribution in [0.2, 0.25) is 0 Å². The van der Waals surface area contributed by atoms with Crippen LogP contribution in [0.5, 0.6) is 0 Å². The van der Waals surface area contributed by atoms with Crippen LogP contribution in [-0.4, -0.2) is 55.6 Å². The molecule has 0 spiro atoms. The van der Waals surface area contributed by atoms with Crippen molar-refractivity contribution in [3.8, 4) is 0 Å². The van der Waals surface area contributed by atoms with Crippen LogP contribution < -0.4 is 16.0 Å². The Bertz CT molecular complexity index is 497. The van der Waals surface area contributed by atoms with Gasteiger partial charge in [-0.25, -0.2) is 0 Å². The predicted octanol–water partition coefficient (Wildman–Crippen LogP) is 1.69. The first-order valence-electron chi connectivity index (χ1n) is 9.04. The van der Waals surface area contributed by atoms with Gasteiger partial charge in [0.25, 0.3) is 0 Å². The molecule has 1 aliphatic rings. The number of hydrogen-bond donors (Lipinski definition) is 2. The molecule has 134 valence electrons. The summed E-state index contributed by atoms with van der Waals surface area (Å²) in [4.78, 5) is 16.9. The molecule has 0 saturated carbocycles. The number of benzene rings is 1. The van der Waals surface area contributed by atoms with E-state index in [9.17, 15) is 4.79 Å². The maximum atomic E-state index is 12.1. The predicted molar refractivity (Wildman–Crippen MR) is 100 cm³/mol. The average molecular weight is 332 g/mol. The van der Waals surface area contributed by atoms with Gasteiger partial charge in [0, 0.05) is 44.5 Å². The molecule has 1 fully saturated rings. The summed E-state index contributed by atoms with van der Waals surface area (Å²) in [5.74, 6) is 0.409. The largest absolute Gasteiger partial charge is 0.369 e. The highest BCUT2D eigenvalue weighted by Crippen LogP contribution is 2.15. The van der Waals surface area contributed by atoms with Crippen molar-refractivity contribution in [2.75, 3.05) is 37.6 Å². The fourth-order valence-electron chi connectivity index (χ4n) is 3.23. The summed E-state index contributed by atoms with van der Waals surface area (Å²) in [6, 6.07) is 10.3. The van der Waals surface area contributed by atoms with Crippen LogP contribution in [0.15, 0.2) is 30.3 Å². The molecule has 5 heteroatoms. The zero-order chi connectivity index (χ0) is 17.5. The Kier molecular flexibility index (Phi) is 7.06. The summed E-state index contributed by atoms with van der Waals surface area (Å²) < 4.78 is 0. The quantitative estimate of drug-likeness (QED) is 0.798. The normalized spacial score (nSPS) is 18.5. The zero-order valence-electron chi connectivity index (χ0n) is 15.2. The highest BCUT2D eigenvalue weighted by molar-refractivity contribution is 5.81. The van der Waals surface area contributed by atoms with E-state index >= 15 is 0 Å². The van der Waals surface area contributed by atoms with Crippen LogP contribution in [0.4, 0.5) is 5.69 Å². The molecule has 0 aliphatic carbocycles. The van der Waals surface area contributed by atoms with Crippen molar-refractivity contribution in [2.45, 2.75) is 39.3 Å². The average Bonchev–Trinajstić information content (AvgIpc) is 2.55. The molecule has 1 aromatic carbocycles. The standard InChI is InChI=1S/C19H32N4O/c1-15(2)13-18(20)19(24)21-16(3)14-22-9-11-23(12-10-22)17-7-5-4-6-8-17/h4-8,15-16,18H,9-14,20H2,1-3H3,(H,21,24)/t16?,18-/m0/s1. The van der Waals surface area contributed by atoms with Gasteiger partial charge in [-0.15, -0.1) is 0 Å². The van der Waals surface area contributed by atoms with Gasteiger partial charge < -0.3 is 16.0 Å². The fourth-order valence-corrected chi connectivity index (χ4v) is 3.23. The molecule has 5 nitrogen and oxygen atoms in total. The summed E-state index contributed by atoms with van der Waals surface area (Å²) in [5, 5.41) is 3.06. The first-order chi connectivity index (χ1) is 11.5. The molecule has 0 radical (unpaired) electrons. The minimum atomic E-state index is -0.401. The van der Waals surface area contributed by atoms with E-state index in [2.05, 4.69) is 60.2 Å². The highest BCUT2D eigenvalue weighted by atomic mass is 16.2. The molecular weight excluding hydrogens is 300 g/mol. The van der Waals surface area contributed by atoms with Gasteiger partial charge >= 0.3 is 0 Å². The molecule has 0 bridgehead atoms. The Labute approximate surface area is 146 Å². The van der Waals surface area contributed by atoms with Crippen LogP contribution in [0.1, 0.15) is 27.2 Å². The van der Waals surface area contributed by atoms with E-state index in [1.165, 1.54) is 5.69 Å². The minimum absolute atomic E-state index is 0.0286. The van der Waals surface area contributed by atoms with Gasteiger partial charge in [-0.3, -0.25) is 9.69 Å². The second-order valence-corrected chi connectivity index (χ2v) is 7.27. The second kappa shape index (κ2) is 9.04. The molecule has 1 aromatic rings. The van der Waals surface area contributed by atoms with Crippen molar-refractivity contribution in [1.29, 1.82) is 0 Å². The lowest BCUT2D eigenvalue weighted by atomic mass is 10.0. The number of carbonyl (C=O) groups excluding carboxylic acids is 1. The van der Waals surface area contributed by atoms with Crippen molar-refractivity contribution >= 4 is 11.6 Å². The highest BCUT2D eigenvalue weighted by Gasteiger charge is 2.21. The van der Waals surface area contributed by atoms with Gasteiger partial charge in [-0.1, -0.05) is 32.0 Å². The van der Waals surface area contributed by atoms with Gasteiger partial charge in [-0.05, 0) is 31.4 Å². The van der Waals surface area contributed by atoms with Gasteiger partial charge in [-0.2, -0.15) is 0 Å². The summed E-state index contributed by atoms with van der Waals surface area (Å²) in [7, 11) is 0. The van der Waals surface area contributed by atoms with E-state index in [0.29, 0.717) is 5.92 Å². The summed E-state index contributed by atoms with van der Waals surface area (Å²) in [5.41, 5.74) is 7.24. The monoisotopic (exact) mass is 332 g/mol. The number of carbonyl (C=O) groups is 1. The number of nitrogens with two attached hydrogens (primary N) is 1. The zero-order valence-corrected chi connectivity index (χ0v) is 15.2. The Morgan fingerprint density at radius 3 is 2.33 bits per heavy atom. The number of nitrogens with one attached hydrogen (secondary N) is 1. The van der Waals surface area contributed by atoms with Gasteiger partial charge in [0.05, 0.1) is 6.04 Å². The molecule has 2 atom stereocenters. The third-order valence-electron chi connectivity index (χ3n) is 4.48. The summed E-state index contributed by atoms with van der Waals surface area (Å²) in [6.07, 6.45) is 0.730. The van der Waals surface area contributed by atoms with Crippen LogP contribution in [0.25, 0.3) is 0 Å². The maximum Gasteiger partial charge on any atom is 0.237 e. The molecule has 0 aromatic heterocycles. The van der Waals surface area contributed by atoms with Crippen molar-refractivity contribution < 1.29 is 4.79 Å². The Balaban J connectivity index is 1.72. The molecular formula is C19H32N4O. The Hall–Kier alpha value is -1.59. The second-order valence-electron chi connectivity index (χ2n) is 7.27. The molecule has 1 saturated heterocycles. The Morgan fingerprint density at radius 2 is 1.75 bits per heavy atom. The molecule has 1 unspecified atom stereocenters. The lowest BCUT2D eigenvalue weighted by Crippen LogP contribution is -2.52. The van der Waals surface area contributed by atoms with Crippen LogP contribution in [0.3, 0.4) is 0 Å². The molecule has 24 heavy (non-hydrogen) atoms. The number of nitrogens with zero attached hydrogens (tertiary/aromatic N) is 2. The number of amides is 1. The van der Waals surface area contributed by atoms with Crippen molar-refractivity contribution in [2.24, 2.45) is 11.7 Å². The Morgan fingerprint density at radius 1 is 1.12 bits per heavy atom. The number of rotatable bonds is 7. The van der Waals surface area contributed by atoms with Gasteiger partial charge in [0.15, 0.2) is 0 Å². The van der Waals surface area contributed by atoms with Crippen molar-refractivity contribution in [3.05, 3.63) is 30.3 Å². The first kappa shape index (κ1) is 18.7. The maximum absolute atomic E-state index is 12.1. The molecule has 1 heterocycles. The molecule has 1 aliphatic heterocycles. The molecule has 2 rings (SSSR count). The van der Waals surface area contributed by atoms with E-state index in [1.807, 2.05) is 6.07 Å².